The topological polar surface area (TPSA) is 114 Å². The molecule has 0 fully saturated rings. The van der Waals surface area contributed by atoms with Crippen LogP contribution in [0.3, 0.4) is 0 Å². The number of benzene rings is 2. The molecule has 12 heteroatoms. The van der Waals surface area contributed by atoms with E-state index in [0.29, 0.717) is 12.4 Å². The number of ether oxygens (including phenoxy) is 1. The van der Waals surface area contributed by atoms with Gasteiger partial charge in [-0.2, -0.15) is 13.2 Å². The summed E-state index contributed by atoms with van der Waals surface area (Å²) >= 11 is 0. The molecule has 0 atom stereocenters. The maximum atomic E-state index is 12.6. The minimum Gasteiger partial charge on any atom is -0.494 e. The van der Waals surface area contributed by atoms with Crippen molar-refractivity contribution in [1.82, 2.24) is 10.6 Å². The van der Waals surface area contributed by atoms with Gasteiger partial charge in [0.05, 0.1) is 18.0 Å². The molecule has 168 valence electrons. The number of hydrogen-bond acceptors (Lipinski definition) is 5. The molecule has 0 aliphatic heterocycles. The zero-order chi connectivity index (χ0) is 23.1. The molecule has 31 heavy (non-hydrogen) atoms. The van der Waals surface area contributed by atoms with Gasteiger partial charge in [-0.1, -0.05) is 6.07 Å². The maximum absolute atomic E-state index is 12.6. The molecular weight excluding hydrogens is 439 g/mol. The van der Waals surface area contributed by atoms with Crippen LogP contribution in [0.4, 0.5) is 18.9 Å². The van der Waals surface area contributed by atoms with Crippen LogP contribution < -0.4 is 20.1 Å². The van der Waals surface area contributed by atoms with Crippen molar-refractivity contribution >= 4 is 27.5 Å². The summed E-state index contributed by atoms with van der Waals surface area (Å²) in [7, 11) is -4.03. The zero-order valence-electron chi connectivity index (χ0n) is 16.3. The van der Waals surface area contributed by atoms with Gasteiger partial charge in [0.1, 0.15) is 12.3 Å². The van der Waals surface area contributed by atoms with Crippen LogP contribution in [0.5, 0.6) is 5.75 Å². The predicted octanol–water partition coefficient (Wildman–Crippen LogP) is 2.29. The van der Waals surface area contributed by atoms with Crippen LogP contribution in [-0.4, -0.2) is 46.1 Å². The van der Waals surface area contributed by atoms with E-state index in [4.69, 9.17) is 4.74 Å². The molecule has 8 nitrogen and oxygen atoms in total. The van der Waals surface area contributed by atoms with Gasteiger partial charge >= 0.3 is 6.18 Å². The Kier molecular flexibility index (Phi) is 7.86. The standard InChI is InChI=1S/C19H20F3N3O5S/c1-2-30-15-8-6-14(7-9-15)25-31(28,29)16-5-3-4-13(10-16)18(27)23-11-17(26)24-12-19(20,21)22/h3-10,25H,2,11-12H2,1H3,(H,23,27)(H,24,26). The normalized spacial score (nSPS) is 11.5. The number of anilines is 1. The number of carbonyl (C=O) groups is 2. The molecule has 0 saturated heterocycles. The fourth-order valence-electron chi connectivity index (χ4n) is 2.33. The third kappa shape index (κ3) is 7.81. The predicted molar refractivity (Wildman–Crippen MR) is 106 cm³/mol. The van der Waals surface area contributed by atoms with E-state index in [1.807, 2.05) is 6.92 Å². The Bertz CT molecular complexity index is 1020. The SMILES string of the molecule is CCOc1ccc(NS(=O)(=O)c2cccc(C(=O)NCC(=O)NCC(F)(F)F)c2)cc1. The molecular formula is C19H20F3N3O5S. The first-order valence-electron chi connectivity index (χ1n) is 8.97. The lowest BCUT2D eigenvalue weighted by atomic mass is 10.2. The summed E-state index contributed by atoms with van der Waals surface area (Å²) in [6.45, 7) is 0.0572. The van der Waals surface area contributed by atoms with E-state index < -0.39 is 41.1 Å². The Labute approximate surface area is 176 Å². The van der Waals surface area contributed by atoms with Crippen LogP contribution >= 0.6 is 0 Å². The number of hydrogen-bond donors (Lipinski definition) is 3. The second kappa shape index (κ2) is 10.2. The number of alkyl halides is 3. The molecule has 2 aromatic carbocycles. The molecule has 2 rings (SSSR count). The van der Waals surface area contributed by atoms with Crippen molar-refractivity contribution < 1.29 is 35.9 Å². The summed E-state index contributed by atoms with van der Waals surface area (Å²) in [5, 5.41) is 3.74. The number of halogens is 3. The summed E-state index contributed by atoms with van der Waals surface area (Å²) in [5.74, 6) is -1.28. The first-order chi connectivity index (χ1) is 14.5. The lowest BCUT2D eigenvalue weighted by Gasteiger charge is -2.11. The van der Waals surface area contributed by atoms with E-state index in [1.54, 1.807) is 17.4 Å². The second-order valence-corrected chi connectivity index (χ2v) is 7.85. The smallest absolute Gasteiger partial charge is 0.405 e. The molecule has 0 aliphatic carbocycles. The summed E-state index contributed by atoms with van der Waals surface area (Å²) in [5.41, 5.74) is 0.192. The summed E-state index contributed by atoms with van der Waals surface area (Å²) in [6.07, 6.45) is -4.57. The van der Waals surface area contributed by atoms with Crippen molar-refractivity contribution in [3.63, 3.8) is 0 Å². The number of amides is 2. The van der Waals surface area contributed by atoms with Gasteiger partial charge in [-0.25, -0.2) is 8.42 Å². The molecule has 2 amide bonds. The quantitative estimate of drug-likeness (QED) is 0.533. The van der Waals surface area contributed by atoms with Crippen LogP contribution in [0.2, 0.25) is 0 Å². The first kappa shape index (κ1) is 24.0. The van der Waals surface area contributed by atoms with Gasteiger partial charge in [0, 0.05) is 11.3 Å². The number of sulfonamides is 1. The average Bonchev–Trinajstić information content (AvgIpc) is 2.71. The van der Waals surface area contributed by atoms with Crippen molar-refractivity contribution in [3.05, 3.63) is 54.1 Å². The molecule has 2 aromatic rings. The highest BCUT2D eigenvalue weighted by Crippen LogP contribution is 2.20. The maximum Gasteiger partial charge on any atom is 0.405 e. The second-order valence-electron chi connectivity index (χ2n) is 6.17. The van der Waals surface area contributed by atoms with Gasteiger partial charge in [-0.3, -0.25) is 14.3 Å². The highest BCUT2D eigenvalue weighted by atomic mass is 32.2. The largest absolute Gasteiger partial charge is 0.494 e. The lowest BCUT2D eigenvalue weighted by molar-refractivity contribution is -0.137. The van der Waals surface area contributed by atoms with E-state index in [-0.39, 0.29) is 16.1 Å². The van der Waals surface area contributed by atoms with Gasteiger partial charge in [-0.15, -0.1) is 0 Å². The fraction of sp³-hybridized carbons (Fsp3) is 0.263. The lowest BCUT2D eigenvalue weighted by Crippen LogP contribution is -2.40. The Morgan fingerprint density at radius 1 is 1.03 bits per heavy atom. The molecule has 0 aliphatic rings. The van der Waals surface area contributed by atoms with Gasteiger partial charge in [-0.05, 0) is 49.4 Å². The third-order valence-electron chi connectivity index (χ3n) is 3.72. The highest BCUT2D eigenvalue weighted by molar-refractivity contribution is 7.92. The Morgan fingerprint density at radius 3 is 2.32 bits per heavy atom. The number of carbonyl (C=O) groups excluding carboxylic acids is 2. The Hall–Kier alpha value is -3.28. The minimum atomic E-state index is -4.57. The van der Waals surface area contributed by atoms with Crippen LogP contribution in [0.1, 0.15) is 17.3 Å². The van der Waals surface area contributed by atoms with Crippen LogP contribution in [0.15, 0.2) is 53.4 Å². The van der Waals surface area contributed by atoms with E-state index in [0.717, 1.165) is 6.07 Å². The Balaban J connectivity index is 2.02. The highest BCUT2D eigenvalue weighted by Gasteiger charge is 2.27. The average molecular weight is 459 g/mol. The minimum absolute atomic E-state index is 0.0850. The van der Waals surface area contributed by atoms with Crippen molar-refractivity contribution in [2.45, 2.75) is 18.0 Å². The van der Waals surface area contributed by atoms with Crippen LogP contribution in [0.25, 0.3) is 0 Å². The Morgan fingerprint density at radius 2 is 1.71 bits per heavy atom. The fourth-order valence-corrected chi connectivity index (χ4v) is 3.43. The van der Waals surface area contributed by atoms with Crippen LogP contribution in [-0.2, 0) is 14.8 Å². The van der Waals surface area contributed by atoms with Crippen molar-refractivity contribution in [2.24, 2.45) is 0 Å². The van der Waals surface area contributed by atoms with Gasteiger partial charge in [0.15, 0.2) is 0 Å². The zero-order valence-corrected chi connectivity index (χ0v) is 17.1. The van der Waals surface area contributed by atoms with E-state index in [2.05, 4.69) is 10.0 Å². The van der Waals surface area contributed by atoms with E-state index >= 15 is 0 Å². The molecule has 0 heterocycles. The summed E-state index contributed by atoms with van der Waals surface area (Å²) in [4.78, 5) is 23.3. The molecule has 0 spiro atoms. The first-order valence-corrected chi connectivity index (χ1v) is 10.5. The van der Waals surface area contributed by atoms with Gasteiger partial charge in [0.2, 0.25) is 5.91 Å². The monoisotopic (exact) mass is 459 g/mol. The van der Waals surface area contributed by atoms with E-state index in [9.17, 15) is 31.2 Å². The van der Waals surface area contributed by atoms with Crippen LogP contribution in [0, 0.1) is 0 Å². The number of rotatable bonds is 9. The molecule has 0 bridgehead atoms. The molecule has 0 radical (unpaired) electrons. The van der Waals surface area contributed by atoms with Crippen molar-refractivity contribution in [1.29, 1.82) is 0 Å². The summed E-state index contributed by atoms with van der Waals surface area (Å²) in [6, 6.07) is 11.2. The van der Waals surface area contributed by atoms with Crippen molar-refractivity contribution in [2.75, 3.05) is 24.4 Å². The number of nitrogens with one attached hydrogen (secondary N) is 3. The van der Waals surface area contributed by atoms with Crippen molar-refractivity contribution in [3.8, 4) is 5.75 Å². The molecule has 0 unspecified atom stereocenters. The van der Waals surface area contributed by atoms with Gasteiger partial charge < -0.3 is 15.4 Å². The molecule has 0 aromatic heterocycles. The van der Waals surface area contributed by atoms with E-state index in [1.165, 1.54) is 30.3 Å². The molecule has 0 saturated carbocycles. The van der Waals surface area contributed by atoms with Gasteiger partial charge in [0.25, 0.3) is 15.9 Å². The molecule has 3 N–H and O–H groups in total. The third-order valence-corrected chi connectivity index (χ3v) is 5.10. The summed E-state index contributed by atoms with van der Waals surface area (Å²) < 4.78 is 69.1.